The van der Waals surface area contributed by atoms with Crippen LogP contribution < -0.4 is 56.2 Å². The van der Waals surface area contributed by atoms with Crippen LogP contribution in [0.2, 0.25) is 6.04 Å². The van der Waals surface area contributed by atoms with Crippen LogP contribution in [-0.2, 0) is 0 Å². The van der Waals surface area contributed by atoms with E-state index >= 15 is 0 Å². The minimum atomic E-state index is -0.836. The van der Waals surface area contributed by atoms with E-state index < -0.39 is 9.76 Å². The zero-order valence-electron chi connectivity index (χ0n) is 4.53. The van der Waals surface area contributed by atoms with Gasteiger partial charge in [0.15, 0.2) is 0 Å². The second-order valence-electron chi connectivity index (χ2n) is 1.06. The molecule has 0 fully saturated rings. The Labute approximate surface area is 83.9 Å². The molecule has 0 radical (unpaired) electrons. The second kappa shape index (κ2) is 9.94. The van der Waals surface area contributed by atoms with E-state index in [9.17, 15) is 4.80 Å². The van der Waals surface area contributed by atoms with Gasteiger partial charge in [0.05, 0.1) is 0 Å². The summed E-state index contributed by atoms with van der Waals surface area (Å²) < 4.78 is 0. The summed E-state index contributed by atoms with van der Waals surface area (Å²) in [6, 6.07) is 0.972. The molecule has 0 saturated heterocycles. The van der Waals surface area contributed by atoms with Gasteiger partial charge in [0, 0.05) is 0 Å². The van der Waals surface area contributed by atoms with Crippen LogP contribution in [0.5, 0.6) is 0 Å². The molecule has 0 rings (SSSR count). The monoisotopic (exact) mass is 128 g/mol. The third-order valence-electron chi connectivity index (χ3n) is 0.498. The van der Waals surface area contributed by atoms with Crippen molar-refractivity contribution in [2.75, 3.05) is 0 Å². The number of hydrogen-bond donors (Lipinski definition) is 0. The van der Waals surface area contributed by atoms with Gasteiger partial charge in [-0.1, -0.05) is 29.2 Å². The molecule has 6 heavy (non-hydrogen) atoms. The summed E-state index contributed by atoms with van der Waals surface area (Å²) in [5.41, 5.74) is 0. The predicted octanol–water partition coefficient (Wildman–Crippen LogP) is -3.74. The first kappa shape index (κ1) is 10.7. The molecular weight excluding hydrogens is 119 g/mol. The summed E-state index contributed by atoms with van der Waals surface area (Å²) in [7, 11) is -0.836. The Hall–Kier alpha value is 1.81. The van der Waals surface area contributed by atoms with Crippen LogP contribution in [0.1, 0.15) is 13.3 Å². The first-order chi connectivity index (χ1) is 2.41. The third kappa shape index (κ3) is 9.26. The van der Waals surface area contributed by atoms with Crippen LogP contribution in [0.3, 0.4) is 0 Å². The second-order valence-corrected chi connectivity index (χ2v) is 2.17. The summed E-state index contributed by atoms with van der Waals surface area (Å²) in [6.45, 7) is 2.05. The molecule has 0 N–H and O–H groups in total. The molecule has 3 heteroatoms. The molecule has 0 atom stereocenters. The average Bonchev–Trinajstić information content (AvgIpc) is 1.41. The molecule has 0 aromatic rings. The Morgan fingerprint density at radius 1 is 1.67 bits per heavy atom. The van der Waals surface area contributed by atoms with E-state index in [0.717, 1.165) is 12.5 Å². The molecule has 0 bridgehead atoms. The average molecular weight is 128 g/mol. The quantitative estimate of drug-likeness (QED) is 0.351. The van der Waals surface area contributed by atoms with Gasteiger partial charge in [0.1, 0.15) is 0 Å². The molecule has 0 aliphatic carbocycles. The topological polar surface area (TPSA) is 23.1 Å². The van der Waals surface area contributed by atoms with Gasteiger partial charge in [-0.3, -0.25) is 0 Å². The molecule has 32 valence electrons. The van der Waals surface area contributed by atoms with E-state index in [1.807, 2.05) is 6.92 Å². The van der Waals surface area contributed by atoms with Crippen LogP contribution in [0, 0.1) is 0 Å². The van der Waals surface area contributed by atoms with E-state index in [-0.39, 0.29) is 51.4 Å². The van der Waals surface area contributed by atoms with Crippen molar-refractivity contribution in [1.82, 2.24) is 0 Å². The normalized spacial score (nSPS) is 9.00. The Morgan fingerprint density at radius 2 is 2.17 bits per heavy atom. The maximum Gasteiger partial charge on any atom is 1.00 e. The van der Waals surface area contributed by atoms with Crippen LogP contribution in [-0.4, -0.2) is 9.76 Å². The van der Waals surface area contributed by atoms with Crippen LogP contribution in [0.4, 0.5) is 0 Å². The number of rotatable bonds is 2. The maximum absolute atomic E-state index is 9.67. The molecule has 0 amide bonds. The van der Waals surface area contributed by atoms with Crippen molar-refractivity contribution in [1.29, 1.82) is 0 Å². The first-order valence-electron chi connectivity index (χ1n) is 2.00. The Bertz CT molecular complexity index is 18.3. The van der Waals surface area contributed by atoms with Gasteiger partial charge in [0.2, 0.25) is 0 Å². The predicted molar refractivity (Wildman–Crippen MR) is 23.6 cm³/mol. The summed E-state index contributed by atoms with van der Waals surface area (Å²) in [6.07, 6.45) is 1.09. The molecule has 0 aliphatic heterocycles. The summed E-state index contributed by atoms with van der Waals surface area (Å²) in [4.78, 5) is 9.67. The Morgan fingerprint density at radius 3 is 2.17 bits per heavy atom. The zero-order chi connectivity index (χ0) is 4.12. The van der Waals surface area contributed by atoms with Crippen molar-refractivity contribution >= 4 is 9.76 Å². The van der Waals surface area contributed by atoms with Crippen LogP contribution in [0.25, 0.3) is 0 Å². The van der Waals surface area contributed by atoms with E-state index in [4.69, 9.17) is 0 Å². The Balaban J connectivity index is 0. The Kier molecular flexibility index (Phi) is 17.8. The van der Waals surface area contributed by atoms with E-state index in [1.54, 1.807) is 0 Å². The molecule has 1 nitrogen and oxygen atoms in total. The summed E-state index contributed by atoms with van der Waals surface area (Å²) in [5.74, 6) is 0. The summed E-state index contributed by atoms with van der Waals surface area (Å²) in [5, 5.41) is 0. The maximum atomic E-state index is 9.67. The minimum Gasteiger partial charge on any atom is -0.863 e. The molecule has 0 aromatic carbocycles. The summed E-state index contributed by atoms with van der Waals surface area (Å²) >= 11 is 0. The largest absolute Gasteiger partial charge is 1.00 e. The molecule has 0 spiro atoms. The zero-order valence-corrected chi connectivity index (χ0v) is 9.07. The van der Waals surface area contributed by atoms with Crippen molar-refractivity contribution in [2.45, 2.75) is 19.4 Å². The van der Waals surface area contributed by atoms with Gasteiger partial charge < -0.3 is 4.80 Å². The van der Waals surface area contributed by atoms with Gasteiger partial charge in [0.25, 0.3) is 0 Å². The first-order valence-corrected chi connectivity index (χ1v) is 3.57. The van der Waals surface area contributed by atoms with Crippen molar-refractivity contribution in [3.05, 3.63) is 0 Å². The molecule has 0 saturated carbocycles. The third-order valence-corrected chi connectivity index (χ3v) is 1.49. The SMILES string of the molecule is CCC[SiH2][O-].[K+]. The fourth-order valence-corrected chi connectivity index (χ4v) is 0.433. The molecule has 0 unspecified atom stereocenters. The molecule has 0 aromatic heterocycles. The van der Waals surface area contributed by atoms with Crippen molar-refractivity contribution in [3.8, 4) is 0 Å². The van der Waals surface area contributed by atoms with Gasteiger partial charge in [-0.15, -0.1) is 0 Å². The van der Waals surface area contributed by atoms with Crippen LogP contribution in [0.15, 0.2) is 0 Å². The van der Waals surface area contributed by atoms with Gasteiger partial charge in [-0.25, -0.2) is 0 Å². The standard InChI is InChI=1S/C3H9OSi.K/c1-2-3-5-4;/h2-3,5H2,1H3;/q-1;+1. The molecule has 0 heterocycles. The fourth-order valence-electron chi connectivity index (χ4n) is 0.144. The van der Waals surface area contributed by atoms with Crippen molar-refractivity contribution in [3.63, 3.8) is 0 Å². The number of hydrogen-bond acceptors (Lipinski definition) is 1. The van der Waals surface area contributed by atoms with Gasteiger partial charge in [-0.2, -0.15) is 0 Å². The van der Waals surface area contributed by atoms with Gasteiger partial charge >= 0.3 is 51.4 Å². The van der Waals surface area contributed by atoms with Gasteiger partial charge in [-0.05, 0) is 0 Å². The van der Waals surface area contributed by atoms with Crippen molar-refractivity contribution in [2.24, 2.45) is 0 Å². The van der Waals surface area contributed by atoms with Crippen LogP contribution >= 0.6 is 0 Å². The fraction of sp³-hybridized carbons (Fsp3) is 1.00. The van der Waals surface area contributed by atoms with Crippen molar-refractivity contribution < 1.29 is 56.2 Å². The van der Waals surface area contributed by atoms with E-state index in [1.165, 1.54) is 0 Å². The van der Waals surface area contributed by atoms with E-state index in [2.05, 4.69) is 0 Å². The molecule has 0 aliphatic rings. The van der Waals surface area contributed by atoms with E-state index in [0.29, 0.717) is 0 Å². The smallest absolute Gasteiger partial charge is 0.863 e. The minimum absolute atomic E-state index is 0. The molecular formula is C3H9KOSi.